The highest BCUT2D eigenvalue weighted by molar-refractivity contribution is 5.97. The Hall–Kier alpha value is -3.87. The molecular formula is C27H24F3N3O. The van der Waals surface area contributed by atoms with E-state index in [9.17, 15) is 18.0 Å². The van der Waals surface area contributed by atoms with Crippen LogP contribution in [0.3, 0.4) is 0 Å². The van der Waals surface area contributed by atoms with E-state index in [1.807, 2.05) is 30.3 Å². The summed E-state index contributed by atoms with van der Waals surface area (Å²) < 4.78 is 41.8. The summed E-state index contributed by atoms with van der Waals surface area (Å²) in [4.78, 5) is 16.6. The van der Waals surface area contributed by atoms with Crippen LogP contribution in [0.1, 0.15) is 53.6 Å². The first-order valence-electron chi connectivity index (χ1n) is 10.7. The molecule has 3 aromatic carbocycles. The van der Waals surface area contributed by atoms with Gasteiger partial charge in [0.15, 0.2) is 0 Å². The monoisotopic (exact) mass is 463 g/mol. The van der Waals surface area contributed by atoms with E-state index in [-0.39, 0.29) is 16.5 Å². The number of fused-ring (bicyclic) bond motifs is 1. The fraction of sp³-hybridized carbons (Fsp3) is 0.185. The number of benzene rings is 3. The number of hydrogen-bond acceptors (Lipinski definition) is 2. The predicted octanol–water partition coefficient (Wildman–Crippen LogP) is 6.61. The Morgan fingerprint density at radius 1 is 0.912 bits per heavy atom. The molecule has 0 unspecified atom stereocenters. The van der Waals surface area contributed by atoms with Crippen LogP contribution in [0.2, 0.25) is 0 Å². The second-order valence-electron chi connectivity index (χ2n) is 9.09. The zero-order valence-corrected chi connectivity index (χ0v) is 19.0. The number of para-hydroxylation sites is 1. The summed E-state index contributed by atoms with van der Waals surface area (Å²) in [5, 5.41) is 0. The largest absolute Gasteiger partial charge is 0.416 e. The fourth-order valence-electron chi connectivity index (χ4n) is 3.78. The molecule has 0 bridgehead atoms. The first-order chi connectivity index (χ1) is 15.9. The maximum absolute atomic E-state index is 13.4. The molecule has 0 saturated heterocycles. The molecule has 0 spiro atoms. The molecule has 1 aromatic heterocycles. The molecule has 0 fully saturated rings. The van der Waals surface area contributed by atoms with E-state index >= 15 is 0 Å². The van der Waals surface area contributed by atoms with Crippen LogP contribution in [0.25, 0.3) is 28.9 Å². The van der Waals surface area contributed by atoms with E-state index in [1.165, 1.54) is 22.3 Å². The first-order valence-corrected chi connectivity index (χ1v) is 10.7. The molecule has 0 saturated carbocycles. The molecular weight excluding hydrogens is 439 g/mol. The average Bonchev–Trinajstić information content (AvgIpc) is 3.14. The van der Waals surface area contributed by atoms with Gasteiger partial charge in [-0.1, -0.05) is 63.2 Å². The molecule has 7 heteroatoms. The third kappa shape index (κ3) is 4.59. The van der Waals surface area contributed by atoms with Crippen LogP contribution >= 0.6 is 0 Å². The van der Waals surface area contributed by atoms with Gasteiger partial charge >= 0.3 is 6.18 Å². The van der Waals surface area contributed by atoms with Gasteiger partial charge in [0, 0.05) is 0 Å². The molecule has 1 amide bonds. The van der Waals surface area contributed by atoms with Crippen molar-refractivity contribution in [2.75, 3.05) is 0 Å². The van der Waals surface area contributed by atoms with Gasteiger partial charge in [-0.15, -0.1) is 0 Å². The smallest absolute Gasteiger partial charge is 0.366 e. The Morgan fingerprint density at radius 3 is 2.18 bits per heavy atom. The van der Waals surface area contributed by atoms with Gasteiger partial charge in [-0.05, 0) is 52.9 Å². The van der Waals surface area contributed by atoms with E-state index in [2.05, 4.69) is 25.8 Å². The van der Waals surface area contributed by atoms with Crippen molar-refractivity contribution in [2.45, 2.75) is 32.4 Å². The summed E-state index contributed by atoms with van der Waals surface area (Å²) in [7, 11) is 0. The van der Waals surface area contributed by atoms with Crippen molar-refractivity contribution in [3.8, 4) is 5.69 Å². The lowest BCUT2D eigenvalue weighted by Gasteiger charge is -2.18. The number of rotatable bonds is 4. The maximum Gasteiger partial charge on any atom is 0.416 e. The van der Waals surface area contributed by atoms with Crippen LogP contribution in [0.15, 0.2) is 66.7 Å². The molecule has 2 N–H and O–H groups in total. The number of imidazole rings is 1. The molecule has 0 aliphatic rings. The van der Waals surface area contributed by atoms with Crippen LogP contribution in [-0.2, 0) is 11.6 Å². The summed E-state index contributed by atoms with van der Waals surface area (Å²) in [6, 6.07) is 17.9. The third-order valence-corrected chi connectivity index (χ3v) is 5.62. The van der Waals surface area contributed by atoms with Gasteiger partial charge in [-0.25, -0.2) is 4.98 Å². The molecule has 0 aliphatic carbocycles. The minimum absolute atomic E-state index is 0.0187. The van der Waals surface area contributed by atoms with Crippen molar-refractivity contribution in [2.24, 2.45) is 5.73 Å². The summed E-state index contributed by atoms with van der Waals surface area (Å²) in [6.07, 6.45) is -0.962. The summed E-state index contributed by atoms with van der Waals surface area (Å²) in [5.41, 5.74) is 8.01. The van der Waals surface area contributed by atoms with E-state index in [0.717, 1.165) is 17.7 Å². The number of nitrogens with zero attached hydrogens (tertiary/aromatic N) is 2. The first kappa shape index (κ1) is 23.3. The quantitative estimate of drug-likeness (QED) is 0.370. The van der Waals surface area contributed by atoms with Crippen molar-refractivity contribution >= 4 is 29.1 Å². The van der Waals surface area contributed by atoms with E-state index in [0.29, 0.717) is 17.0 Å². The van der Waals surface area contributed by atoms with Crippen LogP contribution < -0.4 is 5.73 Å². The van der Waals surface area contributed by atoms with E-state index < -0.39 is 17.6 Å². The molecule has 0 aliphatic heterocycles. The van der Waals surface area contributed by atoms with E-state index in [4.69, 9.17) is 5.73 Å². The molecule has 174 valence electrons. The number of amides is 1. The number of aromatic nitrogens is 2. The maximum atomic E-state index is 13.4. The summed E-state index contributed by atoms with van der Waals surface area (Å²) >= 11 is 0. The molecule has 4 nitrogen and oxygen atoms in total. The lowest BCUT2D eigenvalue weighted by atomic mass is 9.87. The number of alkyl halides is 3. The Balaban J connectivity index is 1.89. The van der Waals surface area contributed by atoms with E-state index in [1.54, 1.807) is 24.3 Å². The fourth-order valence-corrected chi connectivity index (χ4v) is 3.78. The second kappa shape index (κ2) is 8.48. The van der Waals surface area contributed by atoms with Crippen LogP contribution in [-0.4, -0.2) is 15.5 Å². The lowest BCUT2D eigenvalue weighted by Crippen LogP contribution is -2.15. The average molecular weight is 464 g/mol. The molecule has 0 atom stereocenters. The van der Waals surface area contributed by atoms with Gasteiger partial charge in [-0.3, -0.25) is 9.36 Å². The van der Waals surface area contributed by atoms with Gasteiger partial charge in [0.1, 0.15) is 5.82 Å². The highest BCUT2D eigenvalue weighted by Gasteiger charge is 2.31. The Bertz CT molecular complexity index is 1390. The van der Waals surface area contributed by atoms with Crippen molar-refractivity contribution in [3.63, 3.8) is 0 Å². The number of hydrogen-bond donors (Lipinski definition) is 1. The molecule has 34 heavy (non-hydrogen) atoms. The summed E-state index contributed by atoms with van der Waals surface area (Å²) in [6.45, 7) is 6.39. The number of halogens is 3. The van der Waals surface area contributed by atoms with Crippen LogP contribution in [0, 0.1) is 0 Å². The minimum Gasteiger partial charge on any atom is -0.366 e. The number of nitrogens with two attached hydrogens (primary N) is 1. The number of carbonyl (C=O) groups is 1. The van der Waals surface area contributed by atoms with Crippen molar-refractivity contribution in [1.29, 1.82) is 0 Å². The topological polar surface area (TPSA) is 60.9 Å². The standard InChI is InChI=1S/C27H24F3N3O/c1-26(2,3)18-11-8-17(9-12-18)10-15-24-32-21-14-13-19(27(28,29)30)16-23(21)33(24)22-7-5-4-6-20(22)25(31)34/h4-16H,1-3H3,(H2,31,34)/b15-10+. The van der Waals surface area contributed by atoms with Crippen molar-refractivity contribution in [1.82, 2.24) is 9.55 Å². The lowest BCUT2D eigenvalue weighted by molar-refractivity contribution is -0.137. The Kier molecular flexibility index (Phi) is 5.81. The summed E-state index contributed by atoms with van der Waals surface area (Å²) in [5.74, 6) is -0.306. The normalized spacial score (nSPS) is 12.5. The Morgan fingerprint density at radius 2 is 1.56 bits per heavy atom. The van der Waals surface area contributed by atoms with Crippen LogP contribution in [0.4, 0.5) is 13.2 Å². The van der Waals surface area contributed by atoms with Gasteiger partial charge in [0.2, 0.25) is 0 Å². The van der Waals surface area contributed by atoms with Gasteiger partial charge < -0.3 is 5.73 Å². The van der Waals surface area contributed by atoms with Crippen molar-refractivity contribution in [3.05, 3.63) is 94.8 Å². The predicted molar refractivity (Wildman–Crippen MR) is 129 cm³/mol. The third-order valence-electron chi connectivity index (χ3n) is 5.62. The minimum atomic E-state index is -4.52. The van der Waals surface area contributed by atoms with Crippen LogP contribution in [0.5, 0.6) is 0 Å². The molecule has 0 radical (unpaired) electrons. The molecule has 1 heterocycles. The number of primary amides is 1. The van der Waals surface area contributed by atoms with Crippen molar-refractivity contribution < 1.29 is 18.0 Å². The van der Waals surface area contributed by atoms with Gasteiger partial charge in [0.05, 0.1) is 27.8 Å². The van der Waals surface area contributed by atoms with Gasteiger partial charge in [-0.2, -0.15) is 13.2 Å². The highest BCUT2D eigenvalue weighted by atomic mass is 19.4. The second-order valence-corrected chi connectivity index (χ2v) is 9.09. The molecule has 4 rings (SSSR count). The SMILES string of the molecule is CC(C)(C)c1ccc(/C=C/c2nc3ccc(C(F)(F)F)cc3n2-c2ccccc2C(N)=O)cc1. The Labute approximate surface area is 195 Å². The molecule has 4 aromatic rings. The zero-order valence-electron chi connectivity index (χ0n) is 19.0. The highest BCUT2D eigenvalue weighted by Crippen LogP contribution is 2.33. The van der Waals surface area contributed by atoms with Gasteiger partial charge in [0.25, 0.3) is 5.91 Å². The number of carbonyl (C=O) groups excluding carboxylic acids is 1. The zero-order chi connectivity index (χ0) is 24.7.